The third-order valence-corrected chi connectivity index (χ3v) is 6.45. The van der Waals surface area contributed by atoms with Crippen molar-refractivity contribution in [1.29, 1.82) is 0 Å². The van der Waals surface area contributed by atoms with E-state index in [4.69, 9.17) is 4.74 Å². The molecule has 29 heavy (non-hydrogen) atoms. The van der Waals surface area contributed by atoms with Gasteiger partial charge in [-0.25, -0.2) is 4.99 Å². The summed E-state index contributed by atoms with van der Waals surface area (Å²) in [6.45, 7) is 3.75. The van der Waals surface area contributed by atoms with E-state index < -0.39 is 23.6 Å². The minimum absolute atomic E-state index is 0.178. The first kappa shape index (κ1) is 23.5. The summed E-state index contributed by atoms with van der Waals surface area (Å²) in [5.74, 6) is 1.56. The van der Waals surface area contributed by atoms with Gasteiger partial charge >= 0.3 is 6.18 Å². The molecule has 0 amide bonds. The van der Waals surface area contributed by atoms with E-state index in [1.807, 2.05) is 13.8 Å². The van der Waals surface area contributed by atoms with Crippen LogP contribution in [0.25, 0.3) is 0 Å². The second-order valence-corrected chi connectivity index (χ2v) is 9.05. The molecule has 0 radical (unpaired) electrons. The average molecular weight is 434 g/mol. The summed E-state index contributed by atoms with van der Waals surface area (Å²) in [7, 11) is -0.779. The standard InChI is InChI=1S/C20H30F3N3O2S/c1-3-24-19(26-16-6-5-7-18(12-16)29(27)4-2)25-13-15-8-10-17(11-9-15)28-14-20(21,22)23/h8-11,16,18H,3-7,12-14H2,1-2H3,(H2,24,25,26). The van der Waals surface area contributed by atoms with Crippen molar-refractivity contribution in [2.24, 2.45) is 4.99 Å². The van der Waals surface area contributed by atoms with Crippen molar-refractivity contribution >= 4 is 16.8 Å². The van der Waals surface area contributed by atoms with Gasteiger partial charge in [0.05, 0.1) is 6.54 Å². The van der Waals surface area contributed by atoms with E-state index >= 15 is 0 Å². The summed E-state index contributed by atoms with van der Waals surface area (Å²) < 4.78 is 53.5. The first-order valence-corrected chi connectivity index (χ1v) is 11.4. The van der Waals surface area contributed by atoms with Crippen molar-refractivity contribution in [3.05, 3.63) is 29.8 Å². The van der Waals surface area contributed by atoms with Crippen LogP contribution in [0.4, 0.5) is 13.2 Å². The fourth-order valence-electron chi connectivity index (χ4n) is 3.29. The molecule has 2 rings (SSSR count). The molecular weight excluding hydrogens is 403 g/mol. The Morgan fingerprint density at radius 1 is 1.24 bits per heavy atom. The highest BCUT2D eigenvalue weighted by atomic mass is 32.2. The lowest BCUT2D eigenvalue weighted by Gasteiger charge is -2.30. The Morgan fingerprint density at radius 3 is 2.59 bits per heavy atom. The summed E-state index contributed by atoms with van der Waals surface area (Å²) in [4.78, 5) is 4.58. The third kappa shape index (κ3) is 8.64. The molecule has 9 heteroatoms. The van der Waals surface area contributed by atoms with E-state index in [-0.39, 0.29) is 17.0 Å². The molecular formula is C20H30F3N3O2S. The second kappa shape index (κ2) is 11.4. The number of benzene rings is 1. The van der Waals surface area contributed by atoms with Gasteiger partial charge in [0.25, 0.3) is 0 Å². The molecule has 0 aromatic heterocycles. The highest BCUT2D eigenvalue weighted by Gasteiger charge is 2.28. The van der Waals surface area contributed by atoms with Crippen LogP contribution in [0.3, 0.4) is 0 Å². The van der Waals surface area contributed by atoms with E-state index in [9.17, 15) is 17.4 Å². The Kier molecular flexibility index (Phi) is 9.26. The van der Waals surface area contributed by atoms with E-state index in [0.717, 1.165) is 31.2 Å². The molecule has 1 saturated carbocycles. The summed E-state index contributed by atoms with van der Waals surface area (Å²) in [5.41, 5.74) is 0.871. The van der Waals surface area contributed by atoms with Gasteiger partial charge in [0.1, 0.15) is 5.75 Å². The number of alkyl halides is 3. The number of hydrogen-bond donors (Lipinski definition) is 2. The predicted molar refractivity (Wildman–Crippen MR) is 111 cm³/mol. The zero-order chi connectivity index (χ0) is 21.3. The summed E-state index contributed by atoms with van der Waals surface area (Å²) >= 11 is 0. The van der Waals surface area contributed by atoms with E-state index in [1.165, 1.54) is 12.1 Å². The van der Waals surface area contributed by atoms with E-state index in [1.54, 1.807) is 12.1 Å². The van der Waals surface area contributed by atoms with Crippen molar-refractivity contribution in [3.63, 3.8) is 0 Å². The maximum atomic E-state index is 12.2. The fraction of sp³-hybridized carbons (Fsp3) is 0.650. The molecule has 3 unspecified atom stereocenters. The van der Waals surface area contributed by atoms with Crippen LogP contribution in [0.5, 0.6) is 5.75 Å². The molecule has 0 bridgehead atoms. The van der Waals surface area contributed by atoms with Crippen molar-refractivity contribution < 1.29 is 22.1 Å². The van der Waals surface area contributed by atoms with Crippen molar-refractivity contribution in [1.82, 2.24) is 10.6 Å². The smallest absolute Gasteiger partial charge is 0.422 e. The van der Waals surface area contributed by atoms with Crippen LogP contribution in [0.1, 0.15) is 45.1 Å². The first-order chi connectivity index (χ1) is 13.8. The fourth-order valence-corrected chi connectivity index (χ4v) is 4.64. The third-order valence-electron chi connectivity index (χ3n) is 4.71. The van der Waals surface area contributed by atoms with Gasteiger partial charge < -0.3 is 15.4 Å². The van der Waals surface area contributed by atoms with Crippen LogP contribution >= 0.6 is 0 Å². The van der Waals surface area contributed by atoms with Gasteiger partial charge in [-0.3, -0.25) is 4.21 Å². The molecule has 1 fully saturated rings. The van der Waals surface area contributed by atoms with E-state index in [2.05, 4.69) is 15.6 Å². The molecule has 1 aliphatic carbocycles. The Morgan fingerprint density at radius 2 is 1.97 bits per heavy atom. The lowest BCUT2D eigenvalue weighted by Crippen LogP contribution is -2.46. The Bertz CT molecular complexity index is 681. The lowest BCUT2D eigenvalue weighted by atomic mass is 9.95. The minimum Gasteiger partial charge on any atom is -0.484 e. The van der Waals surface area contributed by atoms with Crippen molar-refractivity contribution in [2.75, 3.05) is 18.9 Å². The molecule has 2 N–H and O–H groups in total. The average Bonchev–Trinajstić information content (AvgIpc) is 2.70. The van der Waals surface area contributed by atoms with Crippen LogP contribution in [-0.2, 0) is 17.3 Å². The molecule has 1 aromatic carbocycles. The number of nitrogens with zero attached hydrogens (tertiary/aromatic N) is 1. The van der Waals surface area contributed by atoms with Gasteiger partial charge in [-0.2, -0.15) is 13.2 Å². The number of rotatable bonds is 8. The predicted octanol–water partition coefficient (Wildman–Crippen LogP) is 3.76. The van der Waals surface area contributed by atoms with Gasteiger partial charge in [-0.1, -0.05) is 25.5 Å². The van der Waals surface area contributed by atoms with Gasteiger partial charge in [0.15, 0.2) is 12.6 Å². The maximum Gasteiger partial charge on any atom is 0.422 e. The van der Waals surface area contributed by atoms with Crippen LogP contribution in [0.2, 0.25) is 0 Å². The summed E-state index contributed by atoms with van der Waals surface area (Å²) in [6.07, 6.45) is -0.400. The second-order valence-electron chi connectivity index (χ2n) is 7.04. The summed E-state index contributed by atoms with van der Waals surface area (Å²) in [6, 6.07) is 6.69. The molecule has 164 valence electrons. The normalized spacial score (nSPS) is 21.5. The number of ether oxygens (including phenoxy) is 1. The Labute approximate surface area is 173 Å². The SMILES string of the molecule is CCNC(=NCc1ccc(OCC(F)(F)F)cc1)NC1CCCC(S(=O)CC)C1. The lowest BCUT2D eigenvalue weighted by molar-refractivity contribution is -0.153. The van der Waals surface area contributed by atoms with Gasteiger partial charge in [-0.05, 0) is 43.9 Å². The molecule has 1 aromatic rings. The Balaban J connectivity index is 1.92. The first-order valence-electron chi connectivity index (χ1n) is 10.0. The molecule has 0 heterocycles. The number of aliphatic imine (C=N–C) groups is 1. The van der Waals surface area contributed by atoms with Gasteiger partial charge in [0, 0.05) is 34.4 Å². The largest absolute Gasteiger partial charge is 0.484 e. The highest BCUT2D eigenvalue weighted by Crippen LogP contribution is 2.23. The van der Waals surface area contributed by atoms with E-state index in [0.29, 0.717) is 24.8 Å². The number of hydrogen-bond acceptors (Lipinski definition) is 3. The quantitative estimate of drug-likeness (QED) is 0.484. The van der Waals surface area contributed by atoms with Crippen LogP contribution in [-0.4, -0.2) is 46.5 Å². The maximum absolute atomic E-state index is 12.2. The van der Waals surface area contributed by atoms with Gasteiger partial charge in [-0.15, -0.1) is 0 Å². The topological polar surface area (TPSA) is 62.7 Å². The monoisotopic (exact) mass is 433 g/mol. The summed E-state index contributed by atoms with van der Waals surface area (Å²) in [5, 5.41) is 6.89. The molecule has 0 saturated heterocycles. The van der Waals surface area contributed by atoms with Crippen LogP contribution < -0.4 is 15.4 Å². The molecule has 1 aliphatic rings. The molecule has 3 atom stereocenters. The van der Waals surface area contributed by atoms with Crippen molar-refractivity contribution in [2.45, 2.75) is 63.5 Å². The number of guanidine groups is 1. The van der Waals surface area contributed by atoms with Crippen LogP contribution in [0, 0.1) is 0 Å². The highest BCUT2D eigenvalue weighted by molar-refractivity contribution is 7.85. The molecule has 5 nitrogen and oxygen atoms in total. The van der Waals surface area contributed by atoms with Crippen LogP contribution in [0.15, 0.2) is 29.3 Å². The van der Waals surface area contributed by atoms with Gasteiger partial charge in [0.2, 0.25) is 0 Å². The molecule has 0 spiro atoms. The minimum atomic E-state index is -4.35. The van der Waals surface area contributed by atoms with Crippen molar-refractivity contribution in [3.8, 4) is 5.75 Å². The Hall–Kier alpha value is -1.77. The number of halogens is 3. The zero-order valence-corrected chi connectivity index (χ0v) is 17.7. The zero-order valence-electron chi connectivity index (χ0n) is 16.9. The number of nitrogens with one attached hydrogen (secondary N) is 2. The molecule has 0 aliphatic heterocycles.